The van der Waals surface area contributed by atoms with Crippen LogP contribution >= 0.6 is 0 Å². The summed E-state index contributed by atoms with van der Waals surface area (Å²) < 4.78 is 48.5. The van der Waals surface area contributed by atoms with E-state index in [0.29, 0.717) is 11.8 Å². The average molecular weight is 465 g/mol. The Kier molecular flexibility index (Phi) is 7.01. The van der Waals surface area contributed by atoms with Crippen molar-refractivity contribution in [2.24, 2.45) is 11.8 Å². The molecular weight excluding hydrogens is 435 g/mol. The molecule has 27 heavy (non-hydrogen) atoms. The van der Waals surface area contributed by atoms with Crippen LogP contribution in [0, 0.1) is 11.8 Å². The molecule has 0 aliphatic carbocycles. The molecule has 154 valence electrons. The SMILES string of the molecule is CC[C@@H]1[C@@H](C)[C@H](C)C[SeH]1C[C@@H]1OC(c2ccccc2)OC[C@H]1OS(=O)(=O)O. The summed E-state index contributed by atoms with van der Waals surface area (Å²) in [5, 5.41) is 2.08. The normalized spacial score (nSPS) is 38.7. The molecular formula is C19H30O6SSe. The molecule has 3 rings (SSSR count). The Morgan fingerprint density at radius 1 is 1.26 bits per heavy atom. The van der Waals surface area contributed by atoms with E-state index in [9.17, 15) is 8.42 Å². The van der Waals surface area contributed by atoms with Gasteiger partial charge in [0.15, 0.2) is 0 Å². The Labute approximate surface area is 166 Å². The topological polar surface area (TPSA) is 82.1 Å². The number of rotatable bonds is 6. The quantitative estimate of drug-likeness (QED) is 0.511. The summed E-state index contributed by atoms with van der Waals surface area (Å²) >= 11 is -1.23. The van der Waals surface area contributed by atoms with E-state index in [1.807, 2.05) is 30.3 Å². The molecule has 0 aromatic heterocycles. The monoisotopic (exact) mass is 466 g/mol. The molecule has 2 unspecified atom stereocenters. The van der Waals surface area contributed by atoms with Gasteiger partial charge < -0.3 is 0 Å². The fourth-order valence-electron chi connectivity index (χ4n) is 4.22. The minimum absolute atomic E-state index is 0.0775. The fraction of sp³-hybridized carbons (Fsp3) is 0.684. The van der Waals surface area contributed by atoms with Gasteiger partial charge in [0.2, 0.25) is 0 Å². The van der Waals surface area contributed by atoms with Gasteiger partial charge >= 0.3 is 166 Å². The predicted molar refractivity (Wildman–Crippen MR) is 106 cm³/mol. The fourth-order valence-corrected chi connectivity index (χ4v) is 13.2. The zero-order valence-electron chi connectivity index (χ0n) is 16.0. The number of hydrogen-bond donors (Lipinski definition) is 1. The van der Waals surface area contributed by atoms with E-state index in [4.69, 9.17) is 18.2 Å². The van der Waals surface area contributed by atoms with Gasteiger partial charge in [-0.2, -0.15) is 0 Å². The maximum absolute atomic E-state index is 11.3. The van der Waals surface area contributed by atoms with Crippen molar-refractivity contribution in [1.82, 2.24) is 0 Å². The van der Waals surface area contributed by atoms with E-state index in [-0.39, 0.29) is 6.61 Å². The molecule has 0 spiro atoms. The van der Waals surface area contributed by atoms with E-state index in [1.165, 1.54) is 5.32 Å². The van der Waals surface area contributed by atoms with Crippen LogP contribution in [0.2, 0.25) is 15.5 Å². The molecule has 8 heteroatoms. The Hall–Kier alpha value is -0.471. The van der Waals surface area contributed by atoms with E-state index in [0.717, 1.165) is 22.1 Å². The van der Waals surface area contributed by atoms with E-state index >= 15 is 0 Å². The summed E-state index contributed by atoms with van der Waals surface area (Å²) in [6.07, 6.45) is -0.583. The minimum atomic E-state index is -4.56. The molecule has 2 saturated heterocycles. The van der Waals surface area contributed by atoms with Crippen molar-refractivity contribution in [3.63, 3.8) is 0 Å². The van der Waals surface area contributed by atoms with Crippen molar-refractivity contribution >= 4 is 24.3 Å². The molecule has 0 amide bonds. The molecule has 7 atom stereocenters. The van der Waals surface area contributed by atoms with Crippen molar-refractivity contribution in [2.45, 2.75) is 61.1 Å². The van der Waals surface area contributed by atoms with Gasteiger partial charge in [-0.25, -0.2) is 0 Å². The summed E-state index contributed by atoms with van der Waals surface area (Å²) in [7, 11) is -4.56. The van der Waals surface area contributed by atoms with Crippen LogP contribution in [-0.2, 0) is 24.1 Å². The zero-order valence-corrected chi connectivity index (χ0v) is 18.7. The molecule has 6 nitrogen and oxygen atoms in total. The van der Waals surface area contributed by atoms with Crippen LogP contribution in [0.25, 0.3) is 0 Å². The standard InChI is InChI=1S/C19H30O6SSe/c1-4-18-14(3)13(2)11-27(18)12-17-16(25-26(20,21)22)10-23-19(24-17)15-8-6-5-7-9-15/h5-9,13-14,16-19,27H,4,10-12H2,1-3H3,(H,20,21,22)/t13-,14+,16-,17+,18-,19?/m1/s1. The van der Waals surface area contributed by atoms with Crippen LogP contribution in [0.1, 0.15) is 39.0 Å². The van der Waals surface area contributed by atoms with Crippen LogP contribution in [0.15, 0.2) is 30.3 Å². The number of hydrogen-bond acceptors (Lipinski definition) is 5. The third kappa shape index (κ3) is 5.32. The van der Waals surface area contributed by atoms with Crippen LogP contribution in [0.5, 0.6) is 0 Å². The van der Waals surface area contributed by atoms with Gasteiger partial charge in [0.05, 0.1) is 0 Å². The summed E-state index contributed by atoms with van der Waals surface area (Å²) in [5.74, 6) is 1.39. The Morgan fingerprint density at radius 2 is 1.96 bits per heavy atom. The van der Waals surface area contributed by atoms with Crippen LogP contribution in [0.3, 0.4) is 0 Å². The second-order valence-electron chi connectivity index (χ2n) is 7.58. The summed E-state index contributed by atoms with van der Waals surface area (Å²) in [6.45, 7) is 6.96. The Balaban J connectivity index is 1.77. The molecule has 1 aromatic carbocycles. The molecule has 2 heterocycles. The van der Waals surface area contributed by atoms with Gasteiger partial charge in [-0.1, -0.05) is 0 Å². The van der Waals surface area contributed by atoms with Gasteiger partial charge in [-0.3, -0.25) is 0 Å². The first kappa shape index (κ1) is 21.2. The predicted octanol–water partition coefficient (Wildman–Crippen LogP) is 3.58. The van der Waals surface area contributed by atoms with E-state index < -0.39 is 42.8 Å². The first-order valence-corrected chi connectivity index (χ1v) is 14.6. The van der Waals surface area contributed by atoms with Crippen molar-refractivity contribution in [3.05, 3.63) is 35.9 Å². The van der Waals surface area contributed by atoms with Crippen LogP contribution in [-0.4, -0.2) is 45.7 Å². The number of benzene rings is 1. The van der Waals surface area contributed by atoms with Gasteiger partial charge in [-0.05, 0) is 0 Å². The summed E-state index contributed by atoms with van der Waals surface area (Å²) in [5.41, 5.74) is 0.899. The summed E-state index contributed by atoms with van der Waals surface area (Å²) in [6, 6.07) is 9.62. The summed E-state index contributed by atoms with van der Waals surface area (Å²) in [4.78, 5) is 0.723. The molecule has 1 N–H and O–H groups in total. The van der Waals surface area contributed by atoms with Crippen LogP contribution in [0.4, 0.5) is 0 Å². The molecule has 0 saturated carbocycles. The molecule has 1 aromatic rings. The Bertz CT molecular complexity index is 712. The average Bonchev–Trinajstić information content (AvgIpc) is 2.89. The van der Waals surface area contributed by atoms with Crippen molar-refractivity contribution in [3.8, 4) is 0 Å². The van der Waals surface area contributed by atoms with E-state index in [1.54, 1.807) is 0 Å². The molecule has 0 radical (unpaired) electrons. The second-order valence-corrected chi connectivity index (χ2v) is 14.0. The molecule has 2 fully saturated rings. The van der Waals surface area contributed by atoms with Gasteiger partial charge in [0.25, 0.3) is 0 Å². The third-order valence-electron chi connectivity index (χ3n) is 5.77. The van der Waals surface area contributed by atoms with Gasteiger partial charge in [0, 0.05) is 0 Å². The first-order chi connectivity index (χ1) is 12.8. The first-order valence-electron chi connectivity index (χ1n) is 9.50. The van der Waals surface area contributed by atoms with Crippen LogP contribution < -0.4 is 0 Å². The van der Waals surface area contributed by atoms with Crippen molar-refractivity contribution in [1.29, 1.82) is 0 Å². The zero-order chi connectivity index (χ0) is 19.6. The second kappa shape index (κ2) is 8.91. The van der Waals surface area contributed by atoms with Crippen molar-refractivity contribution in [2.75, 3.05) is 6.61 Å². The van der Waals surface area contributed by atoms with Crippen molar-refractivity contribution < 1.29 is 26.6 Å². The number of ether oxygens (including phenoxy) is 2. The molecule has 0 bridgehead atoms. The Morgan fingerprint density at radius 3 is 2.59 bits per heavy atom. The van der Waals surface area contributed by atoms with Gasteiger partial charge in [0.1, 0.15) is 0 Å². The maximum atomic E-state index is 11.3. The van der Waals surface area contributed by atoms with Gasteiger partial charge in [-0.15, -0.1) is 0 Å². The molecule has 2 aliphatic rings. The third-order valence-corrected chi connectivity index (χ3v) is 13.9. The molecule has 2 aliphatic heterocycles. The van der Waals surface area contributed by atoms with E-state index in [2.05, 4.69) is 20.8 Å².